The van der Waals surface area contributed by atoms with Crippen molar-refractivity contribution >= 4 is 0 Å². The van der Waals surface area contributed by atoms with E-state index in [0.29, 0.717) is 5.54 Å². The molecule has 0 bridgehead atoms. The van der Waals surface area contributed by atoms with E-state index < -0.39 is 0 Å². The molecule has 0 radical (unpaired) electrons. The zero-order valence-corrected chi connectivity index (χ0v) is 11.2. The summed E-state index contributed by atoms with van der Waals surface area (Å²) in [7, 11) is 0. The smallest absolute Gasteiger partial charge is 0.133 e. The van der Waals surface area contributed by atoms with Crippen LogP contribution < -0.4 is 5.32 Å². The fourth-order valence-electron chi connectivity index (χ4n) is 3.46. The van der Waals surface area contributed by atoms with Crippen LogP contribution in [0.25, 0.3) is 0 Å². The normalized spacial score (nSPS) is 24.5. The van der Waals surface area contributed by atoms with Crippen molar-refractivity contribution in [2.45, 2.75) is 51.1 Å². The van der Waals surface area contributed by atoms with Crippen molar-refractivity contribution in [2.24, 2.45) is 0 Å². The minimum absolute atomic E-state index is 0.384. The van der Waals surface area contributed by atoms with Crippen molar-refractivity contribution < 1.29 is 4.52 Å². The van der Waals surface area contributed by atoms with Gasteiger partial charge in [-0.25, -0.2) is 0 Å². The van der Waals surface area contributed by atoms with Gasteiger partial charge in [-0.1, -0.05) is 24.4 Å². The molecule has 4 heteroatoms. The van der Waals surface area contributed by atoms with E-state index in [1.54, 1.807) is 0 Å². The lowest BCUT2D eigenvalue weighted by atomic mass is 9.80. The molecular weight excluding hydrogens is 226 g/mol. The molecule has 1 saturated heterocycles. The summed E-state index contributed by atoms with van der Waals surface area (Å²) in [5.41, 5.74) is 1.45. The van der Waals surface area contributed by atoms with Crippen LogP contribution in [0.1, 0.15) is 43.6 Å². The van der Waals surface area contributed by atoms with E-state index in [4.69, 9.17) is 4.52 Å². The third-order valence-electron chi connectivity index (χ3n) is 4.33. The average Bonchev–Trinajstić information content (AvgIpc) is 2.76. The highest BCUT2D eigenvalue weighted by Crippen LogP contribution is 2.30. The summed E-state index contributed by atoms with van der Waals surface area (Å²) >= 11 is 0. The molecule has 4 nitrogen and oxygen atoms in total. The summed E-state index contributed by atoms with van der Waals surface area (Å²) < 4.78 is 5.15. The molecule has 2 heterocycles. The third-order valence-corrected chi connectivity index (χ3v) is 4.33. The second-order valence-corrected chi connectivity index (χ2v) is 5.91. The van der Waals surface area contributed by atoms with E-state index in [0.717, 1.165) is 31.1 Å². The molecule has 1 aromatic heterocycles. The molecule has 1 aliphatic heterocycles. The molecule has 1 saturated carbocycles. The third kappa shape index (κ3) is 2.59. The van der Waals surface area contributed by atoms with Crippen LogP contribution in [-0.4, -0.2) is 35.2 Å². The zero-order valence-electron chi connectivity index (χ0n) is 11.2. The molecule has 2 aliphatic rings. The Bertz CT molecular complexity index is 390. The van der Waals surface area contributed by atoms with Crippen LogP contribution in [0.5, 0.6) is 0 Å². The van der Waals surface area contributed by atoms with E-state index in [1.807, 2.05) is 6.92 Å². The second kappa shape index (κ2) is 5.02. The molecule has 1 aliphatic carbocycles. The van der Waals surface area contributed by atoms with Gasteiger partial charge in [0.2, 0.25) is 0 Å². The van der Waals surface area contributed by atoms with Crippen molar-refractivity contribution in [3.8, 4) is 0 Å². The number of nitrogens with one attached hydrogen (secondary N) is 1. The Kier molecular flexibility index (Phi) is 3.39. The quantitative estimate of drug-likeness (QED) is 0.871. The van der Waals surface area contributed by atoms with Crippen molar-refractivity contribution in [3.05, 3.63) is 17.5 Å². The van der Waals surface area contributed by atoms with Gasteiger partial charge in [-0.15, -0.1) is 0 Å². The number of aryl methyl sites for hydroxylation is 1. The maximum Gasteiger partial charge on any atom is 0.133 e. The fourth-order valence-corrected chi connectivity index (χ4v) is 3.46. The molecule has 18 heavy (non-hydrogen) atoms. The molecule has 1 spiro atoms. The Morgan fingerprint density at radius 1 is 1.39 bits per heavy atom. The van der Waals surface area contributed by atoms with Gasteiger partial charge in [0.1, 0.15) is 5.76 Å². The molecule has 100 valence electrons. The maximum absolute atomic E-state index is 5.15. The van der Waals surface area contributed by atoms with Crippen LogP contribution in [0.3, 0.4) is 0 Å². The van der Waals surface area contributed by atoms with Gasteiger partial charge in [0.25, 0.3) is 0 Å². The summed E-state index contributed by atoms with van der Waals surface area (Å²) in [6.07, 6.45) is 6.84. The van der Waals surface area contributed by atoms with Crippen molar-refractivity contribution in [1.29, 1.82) is 0 Å². The summed E-state index contributed by atoms with van der Waals surface area (Å²) in [5.74, 6) is 0.910. The van der Waals surface area contributed by atoms with Gasteiger partial charge in [-0.2, -0.15) is 0 Å². The van der Waals surface area contributed by atoms with Gasteiger partial charge >= 0.3 is 0 Å². The highest BCUT2D eigenvalue weighted by molar-refractivity contribution is 5.05. The van der Waals surface area contributed by atoms with Crippen LogP contribution in [0, 0.1) is 6.92 Å². The molecule has 1 N–H and O–H groups in total. The Labute approximate surface area is 109 Å². The number of rotatable bonds is 2. The highest BCUT2D eigenvalue weighted by atomic mass is 16.5. The Morgan fingerprint density at radius 3 is 2.94 bits per heavy atom. The molecule has 0 atom stereocenters. The number of hydrogen-bond acceptors (Lipinski definition) is 4. The lowest BCUT2D eigenvalue weighted by Gasteiger charge is -2.46. The fraction of sp³-hybridized carbons (Fsp3) is 0.786. The van der Waals surface area contributed by atoms with E-state index >= 15 is 0 Å². The van der Waals surface area contributed by atoms with Crippen LogP contribution in [-0.2, 0) is 6.54 Å². The minimum Gasteiger partial charge on any atom is -0.361 e. The first-order chi connectivity index (χ1) is 8.76. The van der Waals surface area contributed by atoms with Crippen LogP contribution in [0.4, 0.5) is 0 Å². The van der Waals surface area contributed by atoms with Crippen LogP contribution in [0.15, 0.2) is 10.6 Å². The van der Waals surface area contributed by atoms with Crippen molar-refractivity contribution in [3.63, 3.8) is 0 Å². The van der Waals surface area contributed by atoms with E-state index in [1.165, 1.54) is 38.6 Å². The second-order valence-electron chi connectivity index (χ2n) is 5.91. The number of piperazine rings is 1. The predicted octanol–water partition coefficient (Wildman–Crippen LogP) is 2.09. The van der Waals surface area contributed by atoms with Crippen molar-refractivity contribution in [2.75, 3.05) is 19.6 Å². The molecule has 3 rings (SSSR count). The van der Waals surface area contributed by atoms with Crippen LogP contribution in [0.2, 0.25) is 0 Å². The number of hydrogen-bond donors (Lipinski definition) is 1. The SMILES string of the molecule is Cc1cc(CN2CCNC3(CCCCC3)C2)no1. The Hall–Kier alpha value is -0.870. The van der Waals surface area contributed by atoms with Crippen molar-refractivity contribution in [1.82, 2.24) is 15.4 Å². The monoisotopic (exact) mass is 249 g/mol. The molecular formula is C14H23N3O. The number of nitrogens with zero attached hydrogens (tertiary/aromatic N) is 2. The lowest BCUT2D eigenvalue weighted by molar-refractivity contribution is 0.0928. The summed E-state index contributed by atoms with van der Waals surface area (Å²) in [6.45, 7) is 6.28. The van der Waals surface area contributed by atoms with Gasteiger partial charge in [0.05, 0.1) is 5.69 Å². The van der Waals surface area contributed by atoms with E-state index in [9.17, 15) is 0 Å². The topological polar surface area (TPSA) is 41.3 Å². The van der Waals surface area contributed by atoms with E-state index in [2.05, 4.69) is 21.4 Å². The summed E-state index contributed by atoms with van der Waals surface area (Å²) in [6, 6.07) is 2.05. The first-order valence-electron chi connectivity index (χ1n) is 7.15. The van der Waals surface area contributed by atoms with Gasteiger partial charge in [0, 0.05) is 37.8 Å². The average molecular weight is 249 g/mol. The Morgan fingerprint density at radius 2 is 2.22 bits per heavy atom. The largest absolute Gasteiger partial charge is 0.361 e. The molecule has 0 unspecified atom stereocenters. The molecule has 2 fully saturated rings. The number of aromatic nitrogens is 1. The Balaban J connectivity index is 1.63. The molecule has 0 aromatic carbocycles. The highest BCUT2D eigenvalue weighted by Gasteiger charge is 2.36. The van der Waals surface area contributed by atoms with Crippen LogP contribution >= 0.6 is 0 Å². The van der Waals surface area contributed by atoms with E-state index in [-0.39, 0.29) is 0 Å². The van der Waals surface area contributed by atoms with Gasteiger partial charge in [0.15, 0.2) is 0 Å². The van der Waals surface area contributed by atoms with Gasteiger partial charge < -0.3 is 9.84 Å². The van der Waals surface area contributed by atoms with Gasteiger partial charge in [-0.05, 0) is 19.8 Å². The lowest BCUT2D eigenvalue weighted by Crippen LogP contribution is -2.60. The first kappa shape index (κ1) is 12.2. The minimum atomic E-state index is 0.384. The summed E-state index contributed by atoms with van der Waals surface area (Å²) in [5, 5.41) is 7.88. The predicted molar refractivity (Wildman–Crippen MR) is 70.3 cm³/mol. The molecule has 0 amide bonds. The van der Waals surface area contributed by atoms with Gasteiger partial charge in [-0.3, -0.25) is 4.90 Å². The first-order valence-corrected chi connectivity index (χ1v) is 7.15. The standard InChI is InChI=1S/C14H23N3O/c1-12-9-13(16-18-12)10-17-8-7-15-14(11-17)5-3-2-4-6-14/h9,15H,2-8,10-11H2,1H3. The zero-order chi connectivity index (χ0) is 12.4. The molecule has 1 aromatic rings. The summed E-state index contributed by atoms with van der Waals surface area (Å²) in [4.78, 5) is 2.53. The maximum atomic E-state index is 5.15.